The van der Waals surface area contributed by atoms with Crippen molar-refractivity contribution in [2.45, 2.75) is 6.92 Å². The molecule has 0 heterocycles. The first kappa shape index (κ1) is 13.1. The van der Waals surface area contributed by atoms with Crippen molar-refractivity contribution in [3.05, 3.63) is 42.0 Å². The smallest absolute Gasteiger partial charge is 0.164 e. The van der Waals surface area contributed by atoms with Gasteiger partial charge < -0.3 is 19.9 Å². The lowest BCUT2D eigenvalue weighted by molar-refractivity contribution is 0.352. The number of anilines is 1. The Labute approximate surface area is 112 Å². The second-order valence-electron chi connectivity index (χ2n) is 4.16. The molecule has 2 N–H and O–H groups in total. The van der Waals surface area contributed by atoms with E-state index < -0.39 is 0 Å². The fourth-order valence-electron chi connectivity index (χ4n) is 1.77. The number of benzene rings is 2. The summed E-state index contributed by atoms with van der Waals surface area (Å²) in [7, 11) is 3.14. The highest BCUT2D eigenvalue weighted by molar-refractivity contribution is 5.62. The summed E-state index contributed by atoms with van der Waals surface area (Å²) in [6.45, 7) is 2.00. The normalized spacial score (nSPS) is 10.1. The molecule has 0 aliphatic heterocycles. The molecule has 0 aliphatic rings. The van der Waals surface area contributed by atoms with E-state index in [2.05, 4.69) is 0 Å². The molecular weight excluding hydrogens is 242 g/mol. The molecule has 0 spiro atoms. The van der Waals surface area contributed by atoms with E-state index in [0.717, 1.165) is 11.3 Å². The van der Waals surface area contributed by atoms with Crippen LogP contribution in [0.3, 0.4) is 0 Å². The predicted octanol–water partition coefficient (Wildman–Crippen LogP) is 3.39. The number of ether oxygens (including phenoxy) is 3. The van der Waals surface area contributed by atoms with Crippen LogP contribution >= 0.6 is 0 Å². The van der Waals surface area contributed by atoms with Crippen LogP contribution in [0.5, 0.6) is 23.0 Å². The first-order chi connectivity index (χ1) is 9.13. The van der Waals surface area contributed by atoms with Crippen molar-refractivity contribution >= 4 is 5.69 Å². The number of hydrogen-bond acceptors (Lipinski definition) is 4. The molecule has 0 aliphatic carbocycles. The molecule has 4 heteroatoms. The Balaban J connectivity index is 2.35. The number of aryl methyl sites for hydroxylation is 1. The summed E-state index contributed by atoms with van der Waals surface area (Å²) in [5.41, 5.74) is 7.57. The van der Waals surface area contributed by atoms with Crippen molar-refractivity contribution < 1.29 is 14.2 Å². The Morgan fingerprint density at radius 1 is 0.895 bits per heavy atom. The highest BCUT2D eigenvalue weighted by atomic mass is 16.5. The van der Waals surface area contributed by atoms with Crippen LogP contribution in [0.2, 0.25) is 0 Å². The Bertz CT molecular complexity index is 582. The average Bonchev–Trinajstić information content (AvgIpc) is 2.40. The highest BCUT2D eigenvalue weighted by Crippen LogP contribution is 2.38. The molecule has 0 amide bonds. The van der Waals surface area contributed by atoms with Crippen molar-refractivity contribution in [3.8, 4) is 23.0 Å². The minimum atomic E-state index is 0.499. The van der Waals surface area contributed by atoms with Gasteiger partial charge in [0.1, 0.15) is 5.75 Å². The van der Waals surface area contributed by atoms with E-state index in [1.807, 2.05) is 31.2 Å². The fourth-order valence-corrected chi connectivity index (χ4v) is 1.77. The van der Waals surface area contributed by atoms with Gasteiger partial charge in [-0.05, 0) is 24.6 Å². The lowest BCUT2D eigenvalue weighted by Gasteiger charge is -2.13. The Kier molecular flexibility index (Phi) is 3.80. The third-order valence-electron chi connectivity index (χ3n) is 2.73. The lowest BCUT2D eigenvalue weighted by atomic mass is 10.2. The predicted molar refractivity (Wildman–Crippen MR) is 75.2 cm³/mol. The minimum absolute atomic E-state index is 0.499. The van der Waals surface area contributed by atoms with Gasteiger partial charge in [0.2, 0.25) is 0 Å². The third-order valence-corrected chi connectivity index (χ3v) is 2.73. The molecule has 100 valence electrons. The van der Waals surface area contributed by atoms with Crippen LogP contribution in [0, 0.1) is 6.92 Å². The fraction of sp³-hybridized carbons (Fsp3) is 0.200. The van der Waals surface area contributed by atoms with Crippen LogP contribution in [0.15, 0.2) is 36.4 Å². The molecule has 0 aromatic heterocycles. The SMILES string of the molecule is COc1cc(N)c(Oc2cccc(C)c2)cc1OC. The van der Waals surface area contributed by atoms with Crippen LogP contribution in [0.4, 0.5) is 5.69 Å². The van der Waals surface area contributed by atoms with E-state index in [1.165, 1.54) is 0 Å². The Hall–Kier alpha value is -2.36. The summed E-state index contributed by atoms with van der Waals surface area (Å²) in [5.74, 6) is 2.44. The maximum atomic E-state index is 5.95. The maximum Gasteiger partial charge on any atom is 0.164 e. The zero-order chi connectivity index (χ0) is 13.8. The highest BCUT2D eigenvalue weighted by Gasteiger charge is 2.10. The van der Waals surface area contributed by atoms with E-state index in [1.54, 1.807) is 26.4 Å². The number of nitrogens with two attached hydrogens (primary N) is 1. The first-order valence-corrected chi connectivity index (χ1v) is 5.90. The number of nitrogen functional groups attached to an aromatic ring is 1. The van der Waals surface area contributed by atoms with E-state index in [9.17, 15) is 0 Å². The summed E-state index contributed by atoms with van der Waals surface area (Å²) in [4.78, 5) is 0. The monoisotopic (exact) mass is 259 g/mol. The van der Waals surface area contributed by atoms with Crippen molar-refractivity contribution in [2.75, 3.05) is 20.0 Å². The number of methoxy groups -OCH3 is 2. The molecular formula is C15H17NO3. The van der Waals surface area contributed by atoms with Gasteiger partial charge in [-0.25, -0.2) is 0 Å². The van der Waals surface area contributed by atoms with Gasteiger partial charge in [0.05, 0.1) is 19.9 Å². The molecule has 2 rings (SSSR count). The zero-order valence-electron chi connectivity index (χ0n) is 11.3. The standard InChI is InChI=1S/C15H17NO3/c1-10-5-4-6-11(7-10)19-13-9-15(18-3)14(17-2)8-12(13)16/h4-9H,16H2,1-3H3. The second-order valence-corrected chi connectivity index (χ2v) is 4.16. The van der Waals surface area contributed by atoms with Crippen LogP contribution in [0.1, 0.15) is 5.56 Å². The number of rotatable bonds is 4. The van der Waals surface area contributed by atoms with Gasteiger partial charge in [0.25, 0.3) is 0 Å². The lowest BCUT2D eigenvalue weighted by Crippen LogP contribution is -1.96. The molecule has 19 heavy (non-hydrogen) atoms. The zero-order valence-corrected chi connectivity index (χ0v) is 11.3. The summed E-state index contributed by atoms with van der Waals surface area (Å²) in [6.07, 6.45) is 0. The van der Waals surface area contributed by atoms with Crippen LogP contribution < -0.4 is 19.9 Å². The van der Waals surface area contributed by atoms with E-state index >= 15 is 0 Å². The van der Waals surface area contributed by atoms with Gasteiger partial charge >= 0.3 is 0 Å². The molecule has 0 saturated carbocycles. The van der Waals surface area contributed by atoms with Crippen LogP contribution in [-0.4, -0.2) is 14.2 Å². The van der Waals surface area contributed by atoms with Crippen molar-refractivity contribution in [1.82, 2.24) is 0 Å². The van der Waals surface area contributed by atoms with E-state index in [4.69, 9.17) is 19.9 Å². The summed E-state index contributed by atoms with van der Waals surface area (Å²) in [5, 5.41) is 0. The van der Waals surface area contributed by atoms with Gasteiger partial charge in [-0.2, -0.15) is 0 Å². The third kappa shape index (κ3) is 2.91. The molecule has 0 bridgehead atoms. The summed E-state index contributed by atoms with van der Waals surface area (Å²) < 4.78 is 16.2. The quantitative estimate of drug-likeness (QED) is 0.855. The van der Waals surface area contributed by atoms with Gasteiger partial charge in [-0.1, -0.05) is 12.1 Å². The molecule has 2 aromatic carbocycles. The van der Waals surface area contributed by atoms with Crippen molar-refractivity contribution in [1.29, 1.82) is 0 Å². The largest absolute Gasteiger partial charge is 0.493 e. The summed E-state index contributed by atoms with van der Waals surface area (Å²) in [6, 6.07) is 11.2. The molecule has 0 unspecified atom stereocenters. The van der Waals surface area contributed by atoms with Gasteiger partial charge in [-0.15, -0.1) is 0 Å². The van der Waals surface area contributed by atoms with Gasteiger partial charge in [0.15, 0.2) is 17.2 Å². The molecule has 4 nitrogen and oxygen atoms in total. The summed E-state index contributed by atoms with van der Waals surface area (Å²) >= 11 is 0. The van der Waals surface area contributed by atoms with E-state index in [0.29, 0.717) is 22.9 Å². The average molecular weight is 259 g/mol. The Morgan fingerprint density at radius 3 is 2.21 bits per heavy atom. The van der Waals surface area contributed by atoms with Gasteiger partial charge in [0, 0.05) is 12.1 Å². The Morgan fingerprint density at radius 2 is 1.58 bits per heavy atom. The van der Waals surface area contributed by atoms with Crippen molar-refractivity contribution in [3.63, 3.8) is 0 Å². The molecule has 0 saturated heterocycles. The maximum absolute atomic E-state index is 5.95. The van der Waals surface area contributed by atoms with Gasteiger partial charge in [-0.3, -0.25) is 0 Å². The van der Waals surface area contributed by atoms with Crippen LogP contribution in [-0.2, 0) is 0 Å². The molecule has 0 radical (unpaired) electrons. The molecule has 0 atom stereocenters. The number of hydrogen-bond donors (Lipinski definition) is 1. The molecule has 2 aromatic rings. The van der Waals surface area contributed by atoms with Crippen LogP contribution in [0.25, 0.3) is 0 Å². The van der Waals surface area contributed by atoms with E-state index in [-0.39, 0.29) is 0 Å². The second kappa shape index (κ2) is 5.52. The molecule has 0 fully saturated rings. The topological polar surface area (TPSA) is 53.7 Å². The first-order valence-electron chi connectivity index (χ1n) is 5.90. The minimum Gasteiger partial charge on any atom is -0.493 e. The van der Waals surface area contributed by atoms with Crippen molar-refractivity contribution in [2.24, 2.45) is 0 Å².